The molecule has 1 fully saturated rings. The number of nitrogens with one attached hydrogen (secondary N) is 1. The molecule has 1 saturated heterocycles. The van der Waals surface area contributed by atoms with E-state index < -0.39 is 0 Å². The van der Waals surface area contributed by atoms with Gasteiger partial charge in [-0.2, -0.15) is 0 Å². The van der Waals surface area contributed by atoms with E-state index in [9.17, 15) is 4.79 Å². The number of carbonyl (C=O) groups excluding carboxylic acids is 1. The largest absolute Gasteiger partial charge is 0.342 e. The van der Waals surface area contributed by atoms with Crippen molar-refractivity contribution in [3.05, 3.63) is 45.7 Å². The predicted octanol–water partition coefficient (Wildman–Crippen LogP) is 4.30. The Morgan fingerprint density at radius 2 is 2.12 bits per heavy atom. The minimum Gasteiger partial charge on any atom is -0.342 e. The summed E-state index contributed by atoms with van der Waals surface area (Å²) in [5.41, 5.74) is 3.97. The Morgan fingerprint density at radius 3 is 2.85 bits per heavy atom. The average Bonchev–Trinajstić information content (AvgIpc) is 3.29. The summed E-state index contributed by atoms with van der Waals surface area (Å²) in [7, 11) is 0. The van der Waals surface area contributed by atoms with Gasteiger partial charge < -0.3 is 9.88 Å². The van der Waals surface area contributed by atoms with E-state index in [1.807, 2.05) is 10.3 Å². The van der Waals surface area contributed by atoms with Gasteiger partial charge in [-0.15, -0.1) is 11.3 Å². The first kappa shape index (κ1) is 17.2. The molecule has 136 valence electrons. The number of fused-ring (bicyclic) bond motifs is 1. The highest BCUT2D eigenvalue weighted by molar-refractivity contribution is 7.09. The molecule has 0 bridgehead atoms. The van der Waals surface area contributed by atoms with Crippen LogP contribution in [0.25, 0.3) is 11.0 Å². The number of aryl methyl sites for hydroxylation is 2. The lowest BCUT2D eigenvalue weighted by Crippen LogP contribution is -2.38. The zero-order valence-corrected chi connectivity index (χ0v) is 16.1. The van der Waals surface area contributed by atoms with Crippen LogP contribution in [0.4, 0.5) is 0 Å². The minimum atomic E-state index is 0.0718. The molecule has 1 aliphatic heterocycles. The fourth-order valence-corrected chi connectivity index (χ4v) is 4.52. The number of thiazole rings is 1. The number of carbonyl (C=O) groups is 1. The third-order valence-electron chi connectivity index (χ3n) is 5.14. The van der Waals surface area contributed by atoms with Crippen LogP contribution in [0.5, 0.6) is 0 Å². The SMILES string of the molecule is CCCc1nc(C(=O)N2CCC(c3nc4c(C)cccc4[nH]3)CC2)cs1. The number of para-hydroxylation sites is 1. The zero-order valence-electron chi connectivity index (χ0n) is 15.3. The molecular weight excluding hydrogens is 344 g/mol. The fourth-order valence-electron chi connectivity index (χ4n) is 3.64. The van der Waals surface area contributed by atoms with E-state index in [0.717, 1.165) is 60.6 Å². The highest BCUT2D eigenvalue weighted by Crippen LogP contribution is 2.29. The van der Waals surface area contributed by atoms with E-state index in [0.29, 0.717) is 11.6 Å². The zero-order chi connectivity index (χ0) is 18.1. The Morgan fingerprint density at radius 1 is 1.31 bits per heavy atom. The number of nitrogens with zero attached hydrogens (tertiary/aromatic N) is 3. The number of H-pyrrole nitrogens is 1. The number of piperidine rings is 1. The summed E-state index contributed by atoms with van der Waals surface area (Å²) in [5.74, 6) is 1.51. The molecule has 0 radical (unpaired) electrons. The molecule has 1 N–H and O–H groups in total. The quantitative estimate of drug-likeness (QED) is 0.747. The van der Waals surface area contributed by atoms with Crippen LogP contribution < -0.4 is 0 Å². The molecule has 6 heteroatoms. The van der Waals surface area contributed by atoms with Crippen LogP contribution in [0, 0.1) is 6.92 Å². The molecule has 0 spiro atoms. The monoisotopic (exact) mass is 368 g/mol. The average molecular weight is 369 g/mol. The van der Waals surface area contributed by atoms with Crippen LogP contribution in [0.2, 0.25) is 0 Å². The lowest BCUT2D eigenvalue weighted by molar-refractivity contribution is 0.0706. The lowest BCUT2D eigenvalue weighted by atomic mass is 9.96. The number of hydrogen-bond acceptors (Lipinski definition) is 4. The molecule has 2 aromatic heterocycles. The minimum absolute atomic E-state index is 0.0718. The maximum Gasteiger partial charge on any atom is 0.273 e. The third-order valence-corrected chi connectivity index (χ3v) is 6.04. The molecule has 0 unspecified atom stereocenters. The van der Waals surface area contributed by atoms with E-state index in [-0.39, 0.29) is 5.91 Å². The van der Waals surface area contributed by atoms with Gasteiger partial charge in [-0.05, 0) is 44.2 Å². The van der Waals surface area contributed by atoms with E-state index >= 15 is 0 Å². The Hall–Kier alpha value is -2.21. The van der Waals surface area contributed by atoms with Gasteiger partial charge in [0.05, 0.1) is 16.0 Å². The Balaban J connectivity index is 1.42. The van der Waals surface area contributed by atoms with Gasteiger partial charge in [0.25, 0.3) is 5.91 Å². The number of hydrogen-bond donors (Lipinski definition) is 1. The van der Waals surface area contributed by atoms with Crippen LogP contribution >= 0.6 is 11.3 Å². The van der Waals surface area contributed by atoms with Crippen LogP contribution in [0.1, 0.15) is 59.0 Å². The summed E-state index contributed by atoms with van der Waals surface area (Å²) < 4.78 is 0. The van der Waals surface area contributed by atoms with Crippen molar-refractivity contribution in [3.8, 4) is 0 Å². The summed E-state index contributed by atoms with van der Waals surface area (Å²) >= 11 is 1.59. The molecule has 0 saturated carbocycles. The summed E-state index contributed by atoms with van der Waals surface area (Å²) in [4.78, 5) is 27.4. The van der Waals surface area contributed by atoms with Crippen LogP contribution in [-0.2, 0) is 6.42 Å². The molecular formula is C20H24N4OS. The molecule has 1 aromatic carbocycles. The maximum absolute atomic E-state index is 12.7. The second-order valence-electron chi connectivity index (χ2n) is 7.04. The van der Waals surface area contributed by atoms with Crippen molar-refractivity contribution in [2.75, 3.05) is 13.1 Å². The van der Waals surface area contributed by atoms with Crippen molar-refractivity contribution < 1.29 is 4.79 Å². The van der Waals surface area contributed by atoms with Gasteiger partial charge >= 0.3 is 0 Å². The topological polar surface area (TPSA) is 61.9 Å². The second-order valence-corrected chi connectivity index (χ2v) is 7.98. The van der Waals surface area contributed by atoms with E-state index in [4.69, 9.17) is 4.98 Å². The van der Waals surface area contributed by atoms with Crippen LogP contribution in [0.3, 0.4) is 0 Å². The van der Waals surface area contributed by atoms with Crippen molar-refractivity contribution in [2.45, 2.75) is 45.4 Å². The smallest absolute Gasteiger partial charge is 0.273 e. The lowest BCUT2D eigenvalue weighted by Gasteiger charge is -2.30. The molecule has 0 aliphatic carbocycles. The number of likely N-dealkylation sites (tertiary alicyclic amines) is 1. The highest BCUT2D eigenvalue weighted by atomic mass is 32.1. The molecule has 1 amide bonds. The maximum atomic E-state index is 12.7. The Kier molecular flexibility index (Phi) is 4.76. The number of rotatable bonds is 4. The first-order valence-corrected chi connectivity index (χ1v) is 10.2. The van der Waals surface area contributed by atoms with Gasteiger partial charge in [-0.1, -0.05) is 19.1 Å². The fraction of sp³-hybridized carbons (Fsp3) is 0.450. The molecule has 5 nitrogen and oxygen atoms in total. The van der Waals surface area contributed by atoms with Gasteiger partial charge in [-0.3, -0.25) is 4.79 Å². The van der Waals surface area contributed by atoms with E-state index in [1.54, 1.807) is 11.3 Å². The first-order valence-electron chi connectivity index (χ1n) is 9.34. The van der Waals surface area contributed by atoms with E-state index in [2.05, 4.69) is 42.0 Å². The van der Waals surface area contributed by atoms with Crippen molar-refractivity contribution in [3.63, 3.8) is 0 Å². The van der Waals surface area contributed by atoms with Crippen molar-refractivity contribution in [1.29, 1.82) is 0 Å². The Labute approximate surface area is 157 Å². The number of aromatic amines is 1. The standard InChI is InChI=1S/C20H24N4OS/c1-3-5-17-21-16(12-26-17)20(25)24-10-8-14(9-11-24)19-22-15-7-4-6-13(2)18(15)23-19/h4,6-7,12,14H,3,5,8-11H2,1-2H3,(H,22,23). The molecule has 26 heavy (non-hydrogen) atoms. The van der Waals surface area contributed by atoms with E-state index in [1.165, 1.54) is 5.56 Å². The number of imidazole rings is 1. The molecule has 3 heterocycles. The van der Waals surface area contributed by atoms with Gasteiger partial charge in [0, 0.05) is 24.4 Å². The van der Waals surface area contributed by atoms with Crippen LogP contribution in [0.15, 0.2) is 23.6 Å². The summed E-state index contributed by atoms with van der Waals surface area (Å²) in [6.45, 7) is 5.75. The summed E-state index contributed by atoms with van der Waals surface area (Å²) in [5, 5.41) is 2.96. The first-order chi connectivity index (χ1) is 12.7. The predicted molar refractivity (Wildman–Crippen MR) is 105 cm³/mol. The highest BCUT2D eigenvalue weighted by Gasteiger charge is 2.27. The molecule has 3 aromatic rings. The Bertz CT molecular complexity index is 921. The molecule has 0 atom stereocenters. The summed E-state index contributed by atoms with van der Waals surface area (Å²) in [6, 6.07) is 6.23. The van der Waals surface area contributed by atoms with Crippen molar-refractivity contribution in [2.24, 2.45) is 0 Å². The molecule has 4 rings (SSSR count). The number of aromatic nitrogens is 3. The third kappa shape index (κ3) is 3.26. The van der Waals surface area contributed by atoms with Gasteiger partial charge in [0.1, 0.15) is 11.5 Å². The summed E-state index contributed by atoms with van der Waals surface area (Å²) in [6.07, 6.45) is 3.89. The number of benzene rings is 1. The molecule has 1 aliphatic rings. The van der Waals surface area contributed by atoms with Crippen molar-refractivity contribution >= 4 is 28.3 Å². The van der Waals surface area contributed by atoms with Crippen LogP contribution in [-0.4, -0.2) is 38.8 Å². The normalized spacial score (nSPS) is 15.7. The van der Waals surface area contributed by atoms with Gasteiger partial charge in [0.2, 0.25) is 0 Å². The van der Waals surface area contributed by atoms with Crippen molar-refractivity contribution in [1.82, 2.24) is 19.9 Å². The number of amides is 1. The van der Waals surface area contributed by atoms with Gasteiger partial charge in [0.15, 0.2) is 0 Å². The van der Waals surface area contributed by atoms with Gasteiger partial charge in [-0.25, -0.2) is 9.97 Å². The second kappa shape index (κ2) is 7.19.